The number of thioether (sulfide) groups is 1. The number of halogens is 1. The van der Waals surface area contributed by atoms with Crippen LogP contribution in [0.2, 0.25) is 4.47 Å². The lowest BCUT2D eigenvalue weighted by Gasteiger charge is -2.06. The van der Waals surface area contributed by atoms with Crippen LogP contribution in [0.4, 0.5) is 0 Å². The van der Waals surface area contributed by atoms with Gasteiger partial charge in [-0.1, -0.05) is 11.6 Å². The Labute approximate surface area is 118 Å². The number of hydrogen-bond donors (Lipinski definition) is 2. The quantitative estimate of drug-likeness (QED) is 0.434. The van der Waals surface area contributed by atoms with Crippen LogP contribution < -0.4 is 10.6 Å². The van der Waals surface area contributed by atoms with Crippen molar-refractivity contribution in [3.8, 4) is 0 Å². The van der Waals surface area contributed by atoms with Crippen molar-refractivity contribution in [2.45, 2.75) is 5.75 Å². The number of aromatic nitrogens is 1. The van der Waals surface area contributed by atoms with Crippen LogP contribution in [-0.4, -0.2) is 29.3 Å². The second-order valence-corrected chi connectivity index (χ2v) is 5.69. The molecule has 0 fully saturated rings. The molecule has 6 nitrogen and oxygen atoms in total. The van der Waals surface area contributed by atoms with Crippen LogP contribution in [0.1, 0.15) is 5.69 Å². The zero-order chi connectivity index (χ0) is 13.4. The van der Waals surface area contributed by atoms with Crippen LogP contribution in [0, 0.1) is 10.1 Å². The molecule has 0 amide bonds. The summed E-state index contributed by atoms with van der Waals surface area (Å²) < 4.78 is 0.551. The lowest BCUT2D eigenvalue weighted by atomic mass is 10.6. The summed E-state index contributed by atoms with van der Waals surface area (Å²) in [6.45, 7) is 0.642. The molecule has 1 heterocycles. The fourth-order valence-electron chi connectivity index (χ4n) is 1.09. The molecule has 0 saturated heterocycles. The second kappa shape index (κ2) is 8.17. The lowest BCUT2D eigenvalue weighted by Crippen LogP contribution is -2.26. The first-order valence-corrected chi connectivity index (χ1v) is 7.47. The predicted octanol–water partition coefficient (Wildman–Crippen LogP) is 1.91. The van der Waals surface area contributed by atoms with E-state index in [1.807, 2.05) is 5.38 Å². The third-order valence-corrected chi connectivity index (χ3v) is 3.86. The molecule has 0 saturated carbocycles. The average molecular weight is 309 g/mol. The van der Waals surface area contributed by atoms with Crippen molar-refractivity contribution in [2.24, 2.45) is 0 Å². The average Bonchev–Trinajstić information content (AvgIpc) is 2.72. The highest BCUT2D eigenvalue weighted by atomic mass is 35.5. The highest BCUT2D eigenvalue weighted by molar-refractivity contribution is 7.98. The molecule has 0 aliphatic carbocycles. The molecule has 0 unspecified atom stereocenters. The molecule has 0 aromatic carbocycles. The van der Waals surface area contributed by atoms with Gasteiger partial charge in [-0.05, 0) is 0 Å². The Bertz CT molecular complexity index is 424. The van der Waals surface area contributed by atoms with Gasteiger partial charge in [-0.2, -0.15) is 11.8 Å². The molecule has 0 bridgehead atoms. The largest absolute Gasteiger partial charge is 0.370 e. The van der Waals surface area contributed by atoms with Gasteiger partial charge in [-0.3, -0.25) is 10.1 Å². The smallest absolute Gasteiger partial charge is 0.274 e. The number of nitrogens with zero attached hydrogens (tertiary/aromatic N) is 2. The first-order valence-electron chi connectivity index (χ1n) is 5.06. The fourth-order valence-corrected chi connectivity index (χ4v) is 2.72. The van der Waals surface area contributed by atoms with Crippen LogP contribution in [0.25, 0.3) is 0 Å². The summed E-state index contributed by atoms with van der Waals surface area (Å²) in [7, 11) is 1.63. The van der Waals surface area contributed by atoms with E-state index in [0.29, 0.717) is 16.8 Å². The van der Waals surface area contributed by atoms with Crippen molar-refractivity contribution in [1.82, 2.24) is 15.6 Å². The minimum Gasteiger partial charge on any atom is -0.370 e. The summed E-state index contributed by atoms with van der Waals surface area (Å²) >= 11 is 8.82. The number of nitrogens with one attached hydrogen (secondary N) is 2. The Hall–Kier alpha value is -0.990. The van der Waals surface area contributed by atoms with Crippen LogP contribution >= 0.6 is 34.7 Å². The summed E-state index contributed by atoms with van der Waals surface area (Å²) in [4.78, 5) is 13.9. The molecule has 1 aromatic heterocycles. The zero-order valence-corrected chi connectivity index (χ0v) is 12.1. The van der Waals surface area contributed by atoms with Gasteiger partial charge in [0, 0.05) is 30.5 Å². The van der Waals surface area contributed by atoms with Crippen molar-refractivity contribution in [3.05, 3.63) is 37.7 Å². The van der Waals surface area contributed by atoms with Crippen molar-refractivity contribution >= 4 is 34.7 Å². The third kappa shape index (κ3) is 6.08. The van der Waals surface area contributed by atoms with Gasteiger partial charge in [-0.15, -0.1) is 11.3 Å². The fraction of sp³-hybridized carbons (Fsp3) is 0.444. The first kappa shape index (κ1) is 15.1. The standard InChI is InChI=1S/C9H13ClN4O2S2/c1-11-8(4-14(15)16)12-2-3-17-5-7-6-18-9(10)13-7/h4,6,11-12H,2-3,5H2,1H3. The molecular formula is C9H13ClN4O2S2. The van der Waals surface area contributed by atoms with E-state index < -0.39 is 4.92 Å². The van der Waals surface area contributed by atoms with Gasteiger partial charge in [0.1, 0.15) is 0 Å². The number of rotatable bonds is 8. The van der Waals surface area contributed by atoms with E-state index in [4.69, 9.17) is 11.6 Å². The Kier molecular flexibility index (Phi) is 6.84. The Balaban J connectivity index is 2.16. The van der Waals surface area contributed by atoms with Crippen LogP contribution in [0.15, 0.2) is 17.4 Å². The summed E-state index contributed by atoms with van der Waals surface area (Å²) in [6.07, 6.45) is 0.908. The number of thiazole rings is 1. The summed E-state index contributed by atoms with van der Waals surface area (Å²) in [5.41, 5.74) is 0.963. The van der Waals surface area contributed by atoms with E-state index in [-0.39, 0.29) is 0 Å². The van der Waals surface area contributed by atoms with Crippen LogP contribution in [-0.2, 0) is 5.75 Å². The molecule has 0 aliphatic rings. The topological polar surface area (TPSA) is 80.1 Å². The van der Waals surface area contributed by atoms with E-state index in [1.165, 1.54) is 11.3 Å². The van der Waals surface area contributed by atoms with Crippen molar-refractivity contribution < 1.29 is 4.92 Å². The SMILES string of the molecule is CNC(=C[N+](=O)[O-])NCCSCc1csc(Cl)n1. The normalized spacial score (nSPS) is 11.3. The molecule has 0 atom stereocenters. The monoisotopic (exact) mass is 308 g/mol. The van der Waals surface area contributed by atoms with Crippen molar-refractivity contribution in [2.75, 3.05) is 19.3 Å². The molecule has 18 heavy (non-hydrogen) atoms. The van der Waals surface area contributed by atoms with E-state index in [2.05, 4.69) is 15.6 Å². The molecule has 0 spiro atoms. The predicted molar refractivity (Wildman–Crippen MR) is 75.4 cm³/mol. The summed E-state index contributed by atoms with van der Waals surface area (Å²) in [5.74, 6) is 2.02. The molecule has 1 aromatic rings. The van der Waals surface area contributed by atoms with Gasteiger partial charge < -0.3 is 10.6 Å². The van der Waals surface area contributed by atoms with Crippen molar-refractivity contribution in [3.63, 3.8) is 0 Å². The van der Waals surface area contributed by atoms with E-state index in [1.54, 1.807) is 18.8 Å². The zero-order valence-electron chi connectivity index (χ0n) is 9.68. The lowest BCUT2D eigenvalue weighted by molar-refractivity contribution is -0.404. The number of hydrogen-bond acceptors (Lipinski definition) is 7. The maximum absolute atomic E-state index is 10.3. The van der Waals surface area contributed by atoms with Gasteiger partial charge >= 0.3 is 0 Å². The molecule has 100 valence electrons. The van der Waals surface area contributed by atoms with Gasteiger partial charge in [0.2, 0.25) is 0 Å². The molecular weight excluding hydrogens is 296 g/mol. The Morgan fingerprint density at radius 1 is 1.78 bits per heavy atom. The van der Waals surface area contributed by atoms with Gasteiger partial charge in [0.05, 0.1) is 10.6 Å². The van der Waals surface area contributed by atoms with E-state index >= 15 is 0 Å². The molecule has 9 heteroatoms. The summed E-state index contributed by atoms with van der Waals surface area (Å²) in [5, 5.41) is 17.8. The minimum absolute atomic E-state index is 0.400. The Morgan fingerprint density at radius 3 is 3.11 bits per heavy atom. The van der Waals surface area contributed by atoms with E-state index in [9.17, 15) is 10.1 Å². The van der Waals surface area contributed by atoms with Crippen LogP contribution in [0.5, 0.6) is 0 Å². The molecule has 0 radical (unpaired) electrons. The van der Waals surface area contributed by atoms with Crippen LogP contribution in [0.3, 0.4) is 0 Å². The molecule has 2 N–H and O–H groups in total. The third-order valence-electron chi connectivity index (χ3n) is 1.84. The maximum atomic E-state index is 10.3. The molecule has 0 aliphatic heterocycles. The van der Waals surface area contributed by atoms with Gasteiger partial charge in [0.25, 0.3) is 6.20 Å². The second-order valence-electron chi connectivity index (χ2n) is 3.15. The number of nitro groups is 1. The highest BCUT2D eigenvalue weighted by Crippen LogP contribution is 2.18. The van der Waals surface area contributed by atoms with Gasteiger partial charge in [0.15, 0.2) is 10.3 Å². The minimum atomic E-state index is -0.497. The first-order chi connectivity index (χ1) is 8.61. The van der Waals surface area contributed by atoms with E-state index in [0.717, 1.165) is 23.4 Å². The van der Waals surface area contributed by atoms with Crippen molar-refractivity contribution in [1.29, 1.82) is 0 Å². The summed E-state index contributed by atoms with van der Waals surface area (Å²) in [6, 6.07) is 0. The highest BCUT2D eigenvalue weighted by Gasteiger charge is 2.01. The Morgan fingerprint density at radius 2 is 2.56 bits per heavy atom. The molecule has 1 rings (SSSR count). The van der Waals surface area contributed by atoms with Gasteiger partial charge in [-0.25, -0.2) is 4.98 Å². The maximum Gasteiger partial charge on any atom is 0.274 e.